The molecular formula is C12H22N6O. The summed E-state index contributed by atoms with van der Waals surface area (Å²) in [6.07, 6.45) is 3.52. The number of rotatable bonds is 7. The largest absolute Gasteiger partial charge is 0.385 e. The van der Waals surface area contributed by atoms with Crippen molar-refractivity contribution in [2.24, 2.45) is 5.41 Å². The molecule has 1 aromatic rings. The van der Waals surface area contributed by atoms with Crippen LogP contribution in [0, 0.1) is 5.41 Å². The second-order valence-corrected chi connectivity index (χ2v) is 5.31. The van der Waals surface area contributed by atoms with Crippen LogP contribution in [-0.2, 0) is 4.74 Å². The number of ether oxygens (including phenoxy) is 1. The maximum absolute atomic E-state index is 5.68. The Morgan fingerprint density at radius 1 is 1.32 bits per heavy atom. The maximum atomic E-state index is 5.68. The van der Waals surface area contributed by atoms with Gasteiger partial charge in [0.25, 0.3) is 0 Å². The number of methoxy groups -OCH3 is 1. The lowest BCUT2D eigenvalue weighted by molar-refractivity contribution is 0.175. The zero-order valence-electron chi connectivity index (χ0n) is 11.8. The number of nitrogens with one attached hydrogen (secondary N) is 1. The topological polar surface area (TPSA) is 89.2 Å². The first-order valence-electron chi connectivity index (χ1n) is 6.46. The van der Waals surface area contributed by atoms with Gasteiger partial charge in [-0.2, -0.15) is 15.0 Å². The number of nitrogens with zero attached hydrogens (tertiary/aromatic N) is 4. The maximum Gasteiger partial charge on any atom is 0.231 e. The third kappa shape index (κ3) is 3.66. The van der Waals surface area contributed by atoms with Crippen molar-refractivity contribution in [1.29, 1.82) is 0 Å². The molecule has 1 aromatic heterocycles. The lowest BCUT2D eigenvalue weighted by atomic mass is 10.0. The van der Waals surface area contributed by atoms with Crippen molar-refractivity contribution in [3.05, 3.63) is 0 Å². The molecule has 1 aliphatic carbocycles. The van der Waals surface area contributed by atoms with Crippen LogP contribution in [0.1, 0.15) is 19.3 Å². The molecule has 0 amide bonds. The molecule has 0 aromatic carbocycles. The van der Waals surface area contributed by atoms with E-state index in [9.17, 15) is 0 Å². The molecule has 0 bridgehead atoms. The van der Waals surface area contributed by atoms with Crippen LogP contribution in [0.15, 0.2) is 0 Å². The zero-order chi connectivity index (χ0) is 13.9. The van der Waals surface area contributed by atoms with Gasteiger partial charge in [-0.15, -0.1) is 0 Å². The van der Waals surface area contributed by atoms with Crippen LogP contribution in [-0.4, -0.2) is 49.3 Å². The molecule has 1 heterocycles. The molecule has 19 heavy (non-hydrogen) atoms. The molecule has 3 N–H and O–H groups in total. The van der Waals surface area contributed by atoms with E-state index in [2.05, 4.69) is 20.3 Å². The molecule has 1 fully saturated rings. The third-order valence-corrected chi connectivity index (χ3v) is 3.46. The zero-order valence-corrected chi connectivity index (χ0v) is 11.8. The minimum atomic E-state index is 0.239. The predicted molar refractivity (Wildman–Crippen MR) is 75.2 cm³/mol. The fraction of sp³-hybridized carbons (Fsp3) is 0.750. The van der Waals surface area contributed by atoms with E-state index in [4.69, 9.17) is 10.5 Å². The fourth-order valence-corrected chi connectivity index (χ4v) is 1.94. The Balaban J connectivity index is 1.96. The van der Waals surface area contributed by atoms with E-state index >= 15 is 0 Å². The minimum absolute atomic E-state index is 0.239. The molecule has 0 atom stereocenters. The first-order chi connectivity index (χ1) is 9.04. The molecule has 7 nitrogen and oxygen atoms in total. The highest BCUT2D eigenvalue weighted by Crippen LogP contribution is 2.48. The van der Waals surface area contributed by atoms with Crippen molar-refractivity contribution >= 4 is 17.8 Å². The molecular weight excluding hydrogens is 244 g/mol. The van der Waals surface area contributed by atoms with Crippen LogP contribution >= 0.6 is 0 Å². The standard InChI is InChI=1S/C12H22N6O/c1-18(2)11-16-9(13)15-10(17-11)14-8-12(4-5-12)6-7-19-3/h4-8H2,1-3H3,(H3,13,14,15,16,17). The quantitative estimate of drug-likeness (QED) is 0.752. The monoisotopic (exact) mass is 266 g/mol. The number of nitrogens with two attached hydrogens (primary N) is 1. The second-order valence-electron chi connectivity index (χ2n) is 5.31. The van der Waals surface area contributed by atoms with E-state index in [1.165, 1.54) is 12.8 Å². The normalized spacial score (nSPS) is 16.2. The van der Waals surface area contributed by atoms with Gasteiger partial charge in [-0.05, 0) is 24.7 Å². The molecule has 0 spiro atoms. The SMILES string of the molecule is COCCC1(CNc2nc(N)nc(N(C)C)n2)CC1. The van der Waals surface area contributed by atoms with E-state index in [1.54, 1.807) is 12.0 Å². The average molecular weight is 266 g/mol. The summed E-state index contributed by atoms with van der Waals surface area (Å²) in [5.41, 5.74) is 6.03. The summed E-state index contributed by atoms with van der Waals surface area (Å²) in [7, 11) is 5.48. The highest BCUT2D eigenvalue weighted by Gasteiger charge is 2.41. The second kappa shape index (κ2) is 5.56. The van der Waals surface area contributed by atoms with Crippen molar-refractivity contribution in [3.63, 3.8) is 0 Å². The Morgan fingerprint density at radius 3 is 2.63 bits per heavy atom. The van der Waals surface area contributed by atoms with Gasteiger partial charge < -0.3 is 20.7 Å². The van der Waals surface area contributed by atoms with Crippen molar-refractivity contribution in [2.75, 3.05) is 50.3 Å². The van der Waals surface area contributed by atoms with E-state index in [-0.39, 0.29) is 5.95 Å². The average Bonchev–Trinajstić information content (AvgIpc) is 3.14. The van der Waals surface area contributed by atoms with Crippen LogP contribution in [0.5, 0.6) is 0 Å². The molecule has 0 saturated heterocycles. The Morgan fingerprint density at radius 2 is 2.05 bits per heavy atom. The first kappa shape index (κ1) is 13.8. The van der Waals surface area contributed by atoms with Crippen molar-refractivity contribution in [2.45, 2.75) is 19.3 Å². The van der Waals surface area contributed by atoms with Crippen molar-refractivity contribution in [3.8, 4) is 0 Å². The van der Waals surface area contributed by atoms with Gasteiger partial charge >= 0.3 is 0 Å². The Hall–Kier alpha value is -1.63. The molecule has 7 heteroatoms. The van der Waals surface area contributed by atoms with Gasteiger partial charge in [-0.25, -0.2) is 0 Å². The van der Waals surface area contributed by atoms with E-state index < -0.39 is 0 Å². The molecule has 0 aliphatic heterocycles. The van der Waals surface area contributed by atoms with Gasteiger partial charge in [0.15, 0.2) is 0 Å². The van der Waals surface area contributed by atoms with Gasteiger partial charge in [0.1, 0.15) is 0 Å². The summed E-state index contributed by atoms with van der Waals surface area (Å²) in [6.45, 7) is 1.65. The van der Waals surface area contributed by atoms with Crippen LogP contribution in [0.2, 0.25) is 0 Å². The van der Waals surface area contributed by atoms with Crippen LogP contribution < -0.4 is 16.0 Å². The van der Waals surface area contributed by atoms with E-state index in [0.29, 0.717) is 17.3 Å². The molecule has 0 radical (unpaired) electrons. The molecule has 1 aliphatic rings. The van der Waals surface area contributed by atoms with Crippen LogP contribution in [0.3, 0.4) is 0 Å². The number of hydrogen-bond donors (Lipinski definition) is 2. The molecule has 106 valence electrons. The highest BCUT2D eigenvalue weighted by molar-refractivity contribution is 5.41. The van der Waals surface area contributed by atoms with Crippen molar-refractivity contribution < 1.29 is 4.74 Å². The van der Waals surface area contributed by atoms with Crippen LogP contribution in [0.4, 0.5) is 17.8 Å². The third-order valence-electron chi connectivity index (χ3n) is 3.46. The van der Waals surface area contributed by atoms with Gasteiger partial charge in [-0.3, -0.25) is 0 Å². The fourth-order valence-electron chi connectivity index (χ4n) is 1.94. The Kier molecular flexibility index (Phi) is 4.04. The summed E-state index contributed by atoms with van der Waals surface area (Å²) in [6, 6.07) is 0. The van der Waals surface area contributed by atoms with E-state index in [0.717, 1.165) is 19.6 Å². The first-order valence-corrected chi connectivity index (χ1v) is 6.46. The van der Waals surface area contributed by atoms with Gasteiger partial charge in [0, 0.05) is 34.4 Å². The Bertz CT molecular complexity index is 432. The summed E-state index contributed by atoms with van der Waals surface area (Å²) in [5, 5.41) is 3.27. The minimum Gasteiger partial charge on any atom is -0.385 e. The van der Waals surface area contributed by atoms with Crippen LogP contribution in [0.25, 0.3) is 0 Å². The Labute approximate surface area is 113 Å². The lowest BCUT2D eigenvalue weighted by Crippen LogP contribution is -2.21. The molecule has 1 saturated carbocycles. The van der Waals surface area contributed by atoms with Gasteiger partial charge in [0.05, 0.1) is 0 Å². The van der Waals surface area contributed by atoms with Crippen molar-refractivity contribution in [1.82, 2.24) is 15.0 Å². The molecule has 0 unspecified atom stereocenters. The van der Waals surface area contributed by atoms with Gasteiger partial charge in [-0.1, -0.05) is 0 Å². The van der Waals surface area contributed by atoms with E-state index in [1.807, 2.05) is 14.1 Å². The molecule has 2 rings (SSSR count). The summed E-state index contributed by atoms with van der Waals surface area (Å²) in [4.78, 5) is 14.3. The number of hydrogen-bond acceptors (Lipinski definition) is 7. The predicted octanol–water partition coefficient (Wildman–Crippen LogP) is 0.748. The number of nitrogen functional groups attached to an aromatic ring is 1. The summed E-state index contributed by atoms with van der Waals surface area (Å²) in [5.74, 6) is 1.35. The number of aromatic nitrogens is 3. The highest BCUT2D eigenvalue weighted by atomic mass is 16.5. The number of anilines is 3. The smallest absolute Gasteiger partial charge is 0.231 e. The summed E-state index contributed by atoms with van der Waals surface area (Å²) < 4.78 is 5.14. The lowest BCUT2D eigenvalue weighted by Gasteiger charge is -2.16. The summed E-state index contributed by atoms with van der Waals surface area (Å²) >= 11 is 0. The van der Waals surface area contributed by atoms with Gasteiger partial charge in [0.2, 0.25) is 17.8 Å².